The Bertz CT molecular complexity index is 1180. The van der Waals surface area contributed by atoms with E-state index in [1.807, 2.05) is 60.8 Å². The molecule has 2 aromatic heterocycles. The van der Waals surface area contributed by atoms with Crippen molar-refractivity contribution in [3.63, 3.8) is 0 Å². The van der Waals surface area contributed by atoms with E-state index in [2.05, 4.69) is 0 Å². The number of thioether (sulfide) groups is 1. The summed E-state index contributed by atoms with van der Waals surface area (Å²) in [5.41, 5.74) is 2.54. The monoisotopic (exact) mass is 406 g/mol. The minimum Gasteiger partial charge on any atom is -0.293 e. The van der Waals surface area contributed by atoms with Crippen LogP contribution in [-0.4, -0.2) is 21.1 Å². The van der Waals surface area contributed by atoms with Gasteiger partial charge in [-0.3, -0.25) is 14.2 Å². The summed E-state index contributed by atoms with van der Waals surface area (Å²) in [7, 11) is 0. The van der Waals surface area contributed by atoms with Crippen molar-refractivity contribution in [2.24, 2.45) is 0 Å². The molecule has 0 aliphatic carbocycles. The molecule has 4 nitrogen and oxygen atoms in total. The number of benzene rings is 2. The third-order valence-corrected chi connectivity index (χ3v) is 6.34. The molecular formula is C22H18N2O2S2. The van der Waals surface area contributed by atoms with Crippen LogP contribution in [0.25, 0.3) is 21.3 Å². The summed E-state index contributed by atoms with van der Waals surface area (Å²) < 4.78 is 1.66. The number of ketones is 1. The van der Waals surface area contributed by atoms with E-state index < -0.39 is 0 Å². The van der Waals surface area contributed by atoms with Gasteiger partial charge in [-0.2, -0.15) is 0 Å². The van der Waals surface area contributed by atoms with Gasteiger partial charge in [0.1, 0.15) is 4.83 Å². The predicted molar refractivity (Wildman–Crippen MR) is 116 cm³/mol. The third kappa shape index (κ3) is 3.53. The van der Waals surface area contributed by atoms with Gasteiger partial charge in [0.05, 0.1) is 11.1 Å². The molecular weight excluding hydrogens is 388 g/mol. The number of rotatable bonds is 6. The predicted octanol–water partition coefficient (Wildman–Crippen LogP) is 5.12. The van der Waals surface area contributed by atoms with Gasteiger partial charge in [0, 0.05) is 23.1 Å². The summed E-state index contributed by atoms with van der Waals surface area (Å²) >= 11 is 2.78. The van der Waals surface area contributed by atoms with Crippen LogP contribution in [0.1, 0.15) is 17.3 Å². The molecule has 0 radical (unpaired) electrons. The summed E-state index contributed by atoms with van der Waals surface area (Å²) in [6, 6.07) is 19.1. The van der Waals surface area contributed by atoms with Crippen LogP contribution in [-0.2, 0) is 6.54 Å². The lowest BCUT2D eigenvalue weighted by Gasteiger charge is -2.10. The molecule has 0 unspecified atom stereocenters. The molecule has 0 fully saturated rings. The Kier molecular flexibility index (Phi) is 5.41. The van der Waals surface area contributed by atoms with Gasteiger partial charge in [-0.25, -0.2) is 4.98 Å². The number of aromatic nitrogens is 2. The number of nitrogens with zero attached hydrogens (tertiary/aromatic N) is 2. The molecule has 0 saturated carbocycles. The van der Waals surface area contributed by atoms with E-state index in [4.69, 9.17) is 4.98 Å². The smallest absolute Gasteiger partial charge is 0.263 e. The first kappa shape index (κ1) is 18.7. The van der Waals surface area contributed by atoms with Gasteiger partial charge < -0.3 is 0 Å². The van der Waals surface area contributed by atoms with Gasteiger partial charge in [0.25, 0.3) is 5.56 Å². The first-order valence-corrected chi connectivity index (χ1v) is 10.8. The van der Waals surface area contributed by atoms with E-state index in [1.165, 1.54) is 23.1 Å². The Morgan fingerprint density at radius 3 is 2.43 bits per heavy atom. The zero-order valence-corrected chi connectivity index (χ0v) is 16.9. The number of fused-ring (bicyclic) bond motifs is 1. The van der Waals surface area contributed by atoms with Gasteiger partial charge in [-0.15, -0.1) is 11.3 Å². The number of hydrogen-bond donors (Lipinski definition) is 0. The fraction of sp³-hybridized carbons (Fsp3) is 0.136. The van der Waals surface area contributed by atoms with Crippen molar-refractivity contribution in [2.75, 3.05) is 5.75 Å². The van der Waals surface area contributed by atoms with Crippen LogP contribution in [0.3, 0.4) is 0 Å². The van der Waals surface area contributed by atoms with Crippen LogP contribution in [0.2, 0.25) is 0 Å². The number of hydrogen-bond acceptors (Lipinski definition) is 5. The van der Waals surface area contributed by atoms with Crippen molar-refractivity contribution < 1.29 is 4.79 Å². The quantitative estimate of drug-likeness (QED) is 0.253. The highest BCUT2D eigenvalue weighted by Crippen LogP contribution is 2.32. The van der Waals surface area contributed by atoms with E-state index in [-0.39, 0.29) is 17.1 Å². The Morgan fingerprint density at radius 1 is 1.07 bits per heavy atom. The van der Waals surface area contributed by atoms with Crippen molar-refractivity contribution in [3.8, 4) is 11.1 Å². The fourth-order valence-corrected chi connectivity index (χ4v) is 5.01. The average molecular weight is 407 g/mol. The maximum atomic E-state index is 13.2. The summed E-state index contributed by atoms with van der Waals surface area (Å²) in [6.45, 7) is 2.43. The average Bonchev–Trinajstić information content (AvgIpc) is 3.17. The second-order valence-electron chi connectivity index (χ2n) is 6.22. The topological polar surface area (TPSA) is 52.0 Å². The number of carbonyl (C=O) groups excluding carboxylic acids is 1. The minimum absolute atomic E-state index is 0.0266. The van der Waals surface area contributed by atoms with Crippen molar-refractivity contribution in [1.82, 2.24) is 9.55 Å². The Hall–Kier alpha value is -2.70. The van der Waals surface area contributed by atoms with Gasteiger partial charge in [0.2, 0.25) is 0 Å². The second kappa shape index (κ2) is 8.12. The molecule has 4 aromatic rings. The second-order valence-corrected chi connectivity index (χ2v) is 8.02. The van der Waals surface area contributed by atoms with Gasteiger partial charge >= 0.3 is 0 Å². The maximum Gasteiger partial charge on any atom is 0.263 e. The van der Waals surface area contributed by atoms with Crippen LogP contribution in [0, 0.1) is 0 Å². The highest BCUT2D eigenvalue weighted by Gasteiger charge is 2.17. The first-order chi connectivity index (χ1) is 13.7. The summed E-state index contributed by atoms with van der Waals surface area (Å²) in [6.07, 6.45) is 0. The fourth-order valence-electron chi connectivity index (χ4n) is 3.06. The zero-order valence-electron chi connectivity index (χ0n) is 15.3. The lowest BCUT2D eigenvalue weighted by Crippen LogP contribution is -2.22. The summed E-state index contributed by atoms with van der Waals surface area (Å²) in [5.74, 6) is 0.276. The lowest BCUT2D eigenvalue weighted by atomic mass is 10.1. The van der Waals surface area contributed by atoms with E-state index in [0.29, 0.717) is 27.5 Å². The number of Topliss-reactive ketones (excluding diaryl/α,β-unsaturated/α-hetero) is 1. The normalized spacial score (nSPS) is 11.0. The highest BCUT2D eigenvalue weighted by atomic mass is 32.2. The minimum atomic E-state index is -0.0535. The number of thiophene rings is 1. The lowest BCUT2D eigenvalue weighted by molar-refractivity contribution is 0.102. The van der Waals surface area contributed by atoms with Crippen LogP contribution in [0.5, 0.6) is 0 Å². The molecule has 2 aromatic carbocycles. The molecule has 0 amide bonds. The summed E-state index contributed by atoms with van der Waals surface area (Å²) in [4.78, 5) is 31.0. The Labute approximate surface area is 170 Å². The van der Waals surface area contributed by atoms with E-state index >= 15 is 0 Å². The molecule has 2 heterocycles. The highest BCUT2D eigenvalue weighted by molar-refractivity contribution is 7.99. The SMILES string of the molecule is CCn1c(SCC(=O)c2ccccc2)nc2scc(-c3ccccc3)c2c1=O. The standard InChI is InChI=1S/C22H18N2O2S2/c1-2-24-21(26)19-17(15-9-5-3-6-10-15)13-27-20(19)23-22(24)28-14-18(25)16-11-7-4-8-12-16/h3-13H,2,14H2,1H3. The molecule has 6 heteroatoms. The van der Waals surface area contributed by atoms with Crippen molar-refractivity contribution in [1.29, 1.82) is 0 Å². The molecule has 140 valence electrons. The molecule has 0 aliphatic heterocycles. The molecule has 0 bridgehead atoms. The Balaban J connectivity index is 1.70. The van der Waals surface area contributed by atoms with Crippen molar-refractivity contribution in [2.45, 2.75) is 18.6 Å². The first-order valence-electron chi connectivity index (χ1n) is 8.97. The van der Waals surface area contributed by atoms with Crippen molar-refractivity contribution in [3.05, 3.63) is 82.0 Å². The molecule has 0 saturated heterocycles. The van der Waals surface area contributed by atoms with E-state index in [9.17, 15) is 9.59 Å². The number of carbonyl (C=O) groups is 1. The summed E-state index contributed by atoms with van der Waals surface area (Å²) in [5, 5.41) is 3.22. The van der Waals surface area contributed by atoms with Crippen molar-refractivity contribution >= 4 is 39.1 Å². The largest absolute Gasteiger partial charge is 0.293 e. The zero-order chi connectivity index (χ0) is 19.5. The molecule has 0 aliphatic rings. The Morgan fingerprint density at radius 2 is 1.75 bits per heavy atom. The molecule has 0 N–H and O–H groups in total. The van der Waals surface area contributed by atoms with Crippen LogP contribution in [0.15, 0.2) is 76.0 Å². The van der Waals surface area contributed by atoms with Crippen LogP contribution in [0.4, 0.5) is 0 Å². The van der Waals surface area contributed by atoms with Gasteiger partial charge in [0.15, 0.2) is 10.9 Å². The van der Waals surface area contributed by atoms with E-state index in [0.717, 1.165) is 11.1 Å². The molecule has 0 atom stereocenters. The third-order valence-electron chi connectivity index (χ3n) is 4.49. The molecule has 4 rings (SSSR count). The van der Waals surface area contributed by atoms with E-state index in [1.54, 1.807) is 16.7 Å². The molecule has 28 heavy (non-hydrogen) atoms. The molecule has 0 spiro atoms. The van der Waals surface area contributed by atoms with Gasteiger partial charge in [-0.05, 0) is 12.5 Å². The van der Waals surface area contributed by atoms with Gasteiger partial charge in [-0.1, -0.05) is 72.4 Å². The van der Waals surface area contributed by atoms with Crippen LogP contribution < -0.4 is 5.56 Å². The maximum absolute atomic E-state index is 13.2. The van der Waals surface area contributed by atoms with Crippen LogP contribution >= 0.6 is 23.1 Å².